The fraction of sp³-hybridized carbons (Fsp3) is 0.304. The number of ether oxygens (including phenoxy) is 1. The number of aromatic nitrogens is 3. The van der Waals surface area contributed by atoms with Crippen molar-refractivity contribution < 1.29 is 13.9 Å². The van der Waals surface area contributed by atoms with Gasteiger partial charge in [0.2, 0.25) is 5.95 Å². The molecular weight excluding hydrogens is 519 g/mol. The number of rotatable bonds is 7. The number of carbonyl (C=O) groups is 1. The summed E-state index contributed by atoms with van der Waals surface area (Å²) < 4.78 is 20.4. The topological polar surface area (TPSA) is 116 Å². The third-order valence-corrected chi connectivity index (χ3v) is 5.69. The van der Waals surface area contributed by atoms with E-state index in [4.69, 9.17) is 4.74 Å². The molecule has 10 nitrogen and oxygen atoms in total. The summed E-state index contributed by atoms with van der Waals surface area (Å²) in [4.78, 5) is 25.1. The molecule has 2 aromatic heterocycles. The summed E-state index contributed by atoms with van der Waals surface area (Å²) in [5.41, 5.74) is 4.48. The van der Waals surface area contributed by atoms with Gasteiger partial charge in [-0.3, -0.25) is 10.2 Å². The standard InChI is InChI=1S/C23H26BrFN8O2/c1-13-11-33(12-14(2)28-13)32-23-27-10-17(25)21(31-23)29-16-4-5-19(35-3)18(9-16)30-22(34)15-6-7-26-20(24)8-15/h4-10,13-14,28H,11-12H2,1-3H3,(H,30,34)(H2,27,29,31,32)/t13-,14+. The van der Waals surface area contributed by atoms with E-state index >= 15 is 0 Å². The molecule has 0 bridgehead atoms. The van der Waals surface area contributed by atoms with Crippen molar-refractivity contribution in [1.29, 1.82) is 0 Å². The van der Waals surface area contributed by atoms with Crippen LogP contribution in [0.5, 0.6) is 5.75 Å². The van der Waals surface area contributed by atoms with Gasteiger partial charge in [-0.05, 0) is 60.1 Å². The molecule has 0 aliphatic carbocycles. The minimum absolute atomic E-state index is 0.000705. The number of halogens is 2. The maximum Gasteiger partial charge on any atom is 0.255 e. The van der Waals surface area contributed by atoms with Crippen molar-refractivity contribution in [1.82, 2.24) is 25.3 Å². The number of amides is 1. The van der Waals surface area contributed by atoms with Gasteiger partial charge in [-0.25, -0.2) is 19.4 Å². The summed E-state index contributed by atoms with van der Waals surface area (Å²) in [6, 6.07) is 8.81. The van der Waals surface area contributed by atoms with Crippen molar-refractivity contribution in [3.8, 4) is 5.75 Å². The van der Waals surface area contributed by atoms with Crippen LogP contribution in [-0.2, 0) is 0 Å². The predicted octanol–water partition coefficient (Wildman–Crippen LogP) is 3.79. The Balaban J connectivity index is 1.51. The Morgan fingerprint density at radius 3 is 2.69 bits per heavy atom. The molecule has 1 aliphatic rings. The molecular formula is C23H26BrFN8O2. The highest BCUT2D eigenvalue weighted by atomic mass is 79.9. The Hall–Kier alpha value is -3.35. The predicted molar refractivity (Wildman–Crippen MR) is 135 cm³/mol. The van der Waals surface area contributed by atoms with Crippen LogP contribution in [-0.4, -0.2) is 58.2 Å². The number of hydrazine groups is 1. The summed E-state index contributed by atoms with van der Waals surface area (Å²) >= 11 is 3.26. The third kappa shape index (κ3) is 6.41. The highest BCUT2D eigenvalue weighted by Gasteiger charge is 2.22. The molecule has 0 radical (unpaired) electrons. The lowest BCUT2D eigenvalue weighted by Gasteiger charge is -2.35. The van der Waals surface area contributed by atoms with E-state index in [1.165, 1.54) is 13.3 Å². The van der Waals surface area contributed by atoms with Crippen LogP contribution in [0.1, 0.15) is 24.2 Å². The first-order valence-corrected chi connectivity index (χ1v) is 11.8. The van der Waals surface area contributed by atoms with Gasteiger partial charge in [-0.15, -0.1) is 0 Å². The number of benzene rings is 1. The van der Waals surface area contributed by atoms with Gasteiger partial charge in [0.1, 0.15) is 10.4 Å². The minimum atomic E-state index is -0.611. The van der Waals surface area contributed by atoms with Crippen LogP contribution in [0.2, 0.25) is 0 Å². The average molecular weight is 545 g/mol. The summed E-state index contributed by atoms with van der Waals surface area (Å²) in [6.45, 7) is 5.69. The van der Waals surface area contributed by atoms with Gasteiger partial charge in [0.15, 0.2) is 11.6 Å². The Bertz CT molecular complexity index is 1200. The maximum atomic E-state index is 14.5. The number of carbonyl (C=O) groups excluding carboxylic acids is 1. The quantitative estimate of drug-likeness (QED) is 0.329. The van der Waals surface area contributed by atoms with E-state index in [-0.39, 0.29) is 17.7 Å². The second kappa shape index (κ2) is 10.9. The summed E-state index contributed by atoms with van der Waals surface area (Å²) in [6.07, 6.45) is 2.64. The second-order valence-corrected chi connectivity index (χ2v) is 9.05. The van der Waals surface area contributed by atoms with Crippen LogP contribution in [0, 0.1) is 5.82 Å². The number of pyridine rings is 1. The first-order valence-electron chi connectivity index (χ1n) is 11.0. The van der Waals surface area contributed by atoms with Crippen molar-refractivity contribution in [3.63, 3.8) is 0 Å². The number of hydrogen-bond donors (Lipinski definition) is 4. The lowest BCUT2D eigenvalue weighted by atomic mass is 10.2. The number of hydrogen-bond acceptors (Lipinski definition) is 9. The van der Waals surface area contributed by atoms with E-state index in [0.29, 0.717) is 39.4 Å². The van der Waals surface area contributed by atoms with Gasteiger partial charge in [-0.1, -0.05) is 0 Å². The first-order chi connectivity index (χ1) is 16.8. The van der Waals surface area contributed by atoms with Crippen molar-refractivity contribution >= 4 is 45.0 Å². The normalized spacial score (nSPS) is 18.1. The van der Waals surface area contributed by atoms with E-state index in [0.717, 1.165) is 19.3 Å². The van der Waals surface area contributed by atoms with Gasteiger partial charge in [0.25, 0.3) is 5.91 Å². The molecule has 3 aromatic rings. The van der Waals surface area contributed by atoms with Gasteiger partial charge in [0, 0.05) is 42.6 Å². The van der Waals surface area contributed by atoms with E-state index in [1.54, 1.807) is 30.3 Å². The Morgan fingerprint density at radius 1 is 1.20 bits per heavy atom. The molecule has 35 heavy (non-hydrogen) atoms. The SMILES string of the molecule is COc1ccc(Nc2nc(NN3C[C@@H](C)N[C@@H](C)C3)ncc2F)cc1NC(=O)c1ccnc(Br)c1. The molecule has 0 saturated carbocycles. The van der Waals surface area contributed by atoms with Crippen molar-refractivity contribution in [2.24, 2.45) is 0 Å². The zero-order valence-electron chi connectivity index (χ0n) is 19.5. The van der Waals surface area contributed by atoms with Crippen LogP contribution in [0.15, 0.2) is 47.3 Å². The molecule has 0 spiro atoms. The zero-order valence-corrected chi connectivity index (χ0v) is 21.1. The van der Waals surface area contributed by atoms with Crippen LogP contribution in [0.25, 0.3) is 0 Å². The Labute approximate surface area is 210 Å². The summed E-state index contributed by atoms with van der Waals surface area (Å²) in [5, 5.41) is 11.2. The van der Waals surface area contributed by atoms with E-state index in [9.17, 15) is 9.18 Å². The van der Waals surface area contributed by atoms with Crippen molar-refractivity contribution in [2.45, 2.75) is 25.9 Å². The van der Waals surface area contributed by atoms with E-state index in [2.05, 4.69) is 66.1 Å². The summed E-state index contributed by atoms with van der Waals surface area (Å²) in [7, 11) is 1.50. The molecule has 1 saturated heterocycles. The van der Waals surface area contributed by atoms with Gasteiger partial charge < -0.3 is 20.7 Å². The third-order valence-electron chi connectivity index (χ3n) is 5.26. The fourth-order valence-corrected chi connectivity index (χ4v) is 4.19. The van der Waals surface area contributed by atoms with Crippen molar-refractivity contribution in [2.75, 3.05) is 36.3 Å². The molecule has 1 aromatic carbocycles. The molecule has 1 aliphatic heterocycles. The second-order valence-electron chi connectivity index (χ2n) is 8.24. The molecule has 4 N–H and O–H groups in total. The van der Waals surface area contributed by atoms with Crippen LogP contribution in [0.4, 0.5) is 27.5 Å². The molecule has 0 unspecified atom stereocenters. The summed E-state index contributed by atoms with van der Waals surface area (Å²) in [5.74, 6) is -0.229. The molecule has 12 heteroatoms. The lowest BCUT2D eigenvalue weighted by Crippen LogP contribution is -2.55. The van der Waals surface area contributed by atoms with E-state index in [1.807, 2.05) is 5.01 Å². The largest absolute Gasteiger partial charge is 0.495 e. The molecule has 2 atom stereocenters. The lowest BCUT2D eigenvalue weighted by molar-refractivity contribution is 0.102. The number of nitrogens with zero attached hydrogens (tertiary/aromatic N) is 4. The maximum absolute atomic E-state index is 14.5. The van der Waals surface area contributed by atoms with Crippen LogP contribution < -0.4 is 26.1 Å². The van der Waals surface area contributed by atoms with Crippen LogP contribution in [0.3, 0.4) is 0 Å². The molecule has 184 valence electrons. The molecule has 1 amide bonds. The molecule has 1 fully saturated rings. The number of methoxy groups -OCH3 is 1. The Kier molecular flexibility index (Phi) is 7.73. The number of nitrogens with one attached hydrogen (secondary N) is 4. The highest BCUT2D eigenvalue weighted by molar-refractivity contribution is 9.10. The van der Waals surface area contributed by atoms with Gasteiger partial charge in [-0.2, -0.15) is 4.98 Å². The number of anilines is 4. The van der Waals surface area contributed by atoms with Crippen molar-refractivity contribution in [3.05, 3.63) is 58.7 Å². The van der Waals surface area contributed by atoms with Crippen LogP contribution >= 0.6 is 15.9 Å². The smallest absolute Gasteiger partial charge is 0.255 e. The first kappa shape index (κ1) is 24.8. The highest BCUT2D eigenvalue weighted by Crippen LogP contribution is 2.30. The molecule has 4 rings (SSSR count). The fourth-order valence-electron chi connectivity index (χ4n) is 3.83. The van der Waals surface area contributed by atoms with E-state index < -0.39 is 5.82 Å². The van der Waals surface area contributed by atoms with Gasteiger partial charge >= 0.3 is 0 Å². The number of piperazine rings is 1. The molecule has 3 heterocycles. The average Bonchev–Trinajstić information content (AvgIpc) is 2.81. The minimum Gasteiger partial charge on any atom is -0.495 e. The van der Waals surface area contributed by atoms with Gasteiger partial charge in [0.05, 0.1) is 19.0 Å². The monoisotopic (exact) mass is 544 g/mol. The Morgan fingerprint density at radius 2 is 1.97 bits per heavy atom. The zero-order chi connectivity index (χ0) is 24.9.